The molecule has 0 saturated heterocycles. The van der Waals surface area contributed by atoms with Crippen LogP contribution in [-0.4, -0.2) is 30.1 Å². The molecule has 0 spiro atoms. The highest BCUT2D eigenvalue weighted by molar-refractivity contribution is 5.94. The normalized spacial score (nSPS) is 15.2. The maximum Gasteiger partial charge on any atom is 0.278 e. The summed E-state index contributed by atoms with van der Waals surface area (Å²) in [5, 5.41) is 12.2. The Morgan fingerprint density at radius 2 is 1.68 bits per heavy atom. The van der Waals surface area contributed by atoms with Crippen molar-refractivity contribution in [2.75, 3.05) is 14.2 Å². The van der Waals surface area contributed by atoms with Crippen LogP contribution in [0.3, 0.4) is 0 Å². The van der Waals surface area contributed by atoms with E-state index in [0.717, 1.165) is 16.7 Å². The molecule has 0 saturated carbocycles. The molecule has 8 nitrogen and oxygen atoms in total. The van der Waals surface area contributed by atoms with Crippen molar-refractivity contribution >= 4 is 11.6 Å². The minimum atomic E-state index is -0.535. The lowest BCUT2D eigenvalue weighted by Gasteiger charge is -2.37. The van der Waals surface area contributed by atoms with Gasteiger partial charge in [-0.1, -0.05) is 30.3 Å². The first-order chi connectivity index (χ1) is 15.0. The Labute approximate surface area is 178 Å². The molecule has 4 rings (SSSR count). The maximum absolute atomic E-state index is 13.3. The molecule has 1 atom stereocenters. The molecule has 3 aromatic rings. The van der Waals surface area contributed by atoms with Gasteiger partial charge in [0.15, 0.2) is 11.5 Å². The summed E-state index contributed by atoms with van der Waals surface area (Å²) < 4.78 is 10.9. The monoisotopic (exact) mass is 420 g/mol. The van der Waals surface area contributed by atoms with Crippen LogP contribution in [0.15, 0.2) is 66.7 Å². The summed E-state index contributed by atoms with van der Waals surface area (Å²) in [6.45, 7) is 0.164. The van der Waals surface area contributed by atoms with Gasteiger partial charge in [-0.2, -0.15) is 0 Å². The van der Waals surface area contributed by atoms with E-state index in [1.165, 1.54) is 29.3 Å². The van der Waals surface area contributed by atoms with Crippen molar-refractivity contribution in [3.63, 3.8) is 0 Å². The minimum Gasteiger partial charge on any atom is -0.493 e. The van der Waals surface area contributed by atoms with Crippen molar-refractivity contribution in [1.82, 2.24) is 5.06 Å². The number of ether oxygens (including phenoxy) is 2. The predicted octanol–water partition coefficient (Wildman–Crippen LogP) is 4.29. The Kier molecular flexibility index (Phi) is 5.55. The minimum absolute atomic E-state index is 0.0853. The van der Waals surface area contributed by atoms with Gasteiger partial charge in [-0.05, 0) is 41.0 Å². The average molecular weight is 420 g/mol. The van der Waals surface area contributed by atoms with E-state index < -0.39 is 16.9 Å². The zero-order valence-corrected chi connectivity index (χ0v) is 17.0. The van der Waals surface area contributed by atoms with Crippen LogP contribution >= 0.6 is 0 Å². The van der Waals surface area contributed by atoms with E-state index in [0.29, 0.717) is 11.5 Å². The van der Waals surface area contributed by atoms with Gasteiger partial charge in [0.25, 0.3) is 11.6 Å². The lowest BCUT2D eigenvalue weighted by molar-refractivity contribution is -0.384. The van der Waals surface area contributed by atoms with Gasteiger partial charge >= 0.3 is 0 Å². The molecule has 158 valence electrons. The highest BCUT2D eigenvalue weighted by Crippen LogP contribution is 2.42. The van der Waals surface area contributed by atoms with Crippen molar-refractivity contribution in [3.05, 3.63) is 99.1 Å². The SMILES string of the molecule is COc1cc2c(cc1OC)C(c1ccccc1)N(C(=O)c1ccc([N+](=O)[O-])cc1)OC2. The quantitative estimate of drug-likeness (QED) is 0.452. The van der Waals surface area contributed by atoms with Crippen molar-refractivity contribution in [2.24, 2.45) is 0 Å². The maximum atomic E-state index is 13.3. The lowest BCUT2D eigenvalue weighted by Crippen LogP contribution is -2.39. The van der Waals surface area contributed by atoms with E-state index >= 15 is 0 Å². The summed E-state index contributed by atoms with van der Waals surface area (Å²) in [5.74, 6) is 0.725. The Bertz CT molecular complexity index is 1110. The fraction of sp³-hybridized carbons (Fsp3) is 0.174. The number of carbonyl (C=O) groups is 1. The smallest absolute Gasteiger partial charge is 0.278 e. The zero-order chi connectivity index (χ0) is 22.0. The average Bonchev–Trinajstić information content (AvgIpc) is 2.82. The summed E-state index contributed by atoms with van der Waals surface area (Å²) >= 11 is 0. The summed E-state index contributed by atoms with van der Waals surface area (Å²) in [6, 6.07) is 18.1. The molecule has 0 radical (unpaired) electrons. The van der Waals surface area contributed by atoms with Crippen molar-refractivity contribution in [3.8, 4) is 11.5 Å². The van der Waals surface area contributed by atoms with E-state index in [1.54, 1.807) is 14.2 Å². The standard InChI is InChI=1S/C23H20N2O6/c1-29-20-12-17-14-31-24(23(26)16-8-10-18(11-9-16)25(27)28)22(15-6-4-3-5-7-15)19(17)13-21(20)30-2/h3-13,22H,14H2,1-2H3. The molecule has 1 aliphatic rings. The van der Waals surface area contributed by atoms with Crippen molar-refractivity contribution in [1.29, 1.82) is 0 Å². The zero-order valence-electron chi connectivity index (χ0n) is 17.0. The molecule has 3 aromatic carbocycles. The number of benzene rings is 3. The first-order valence-corrected chi connectivity index (χ1v) is 9.54. The van der Waals surface area contributed by atoms with Gasteiger partial charge in [0.05, 0.1) is 19.1 Å². The summed E-state index contributed by atoms with van der Waals surface area (Å²) in [6.07, 6.45) is 0. The number of nitro groups is 1. The number of hydroxylamine groups is 2. The van der Waals surface area contributed by atoms with Crippen LogP contribution in [-0.2, 0) is 11.4 Å². The highest BCUT2D eigenvalue weighted by atomic mass is 16.7. The van der Waals surface area contributed by atoms with Gasteiger partial charge < -0.3 is 9.47 Å². The second-order valence-corrected chi connectivity index (χ2v) is 6.93. The van der Waals surface area contributed by atoms with E-state index in [1.807, 2.05) is 42.5 Å². The van der Waals surface area contributed by atoms with Crippen LogP contribution in [0.2, 0.25) is 0 Å². The van der Waals surface area contributed by atoms with Crippen LogP contribution in [0.25, 0.3) is 0 Å². The van der Waals surface area contributed by atoms with E-state index in [2.05, 4.69) is 0 Å². The predicted molar refractivity (Wildman–Crippen MR) is 112 cm³/mol. The van der Waals surface area contributed by atoms with E-state index in [-0.39, 0.29) is 17.9 Å². The molecule has 31 heavy (non-hydrogen) atoms. The summed E-state index contributed by atoms with van der Waals surface area (Å²) in [5.41, 5.74) is 2.78. The largest absolute Gasteiger partial charge is 0.493 e. The Hall–Kier alpha value is -3.91. The van der Waals surface area contributed by atoms with Crippen LogP contribution in [0, 0.1) is 10.1 Å². The third-order valence-corrected chi connectivity index (χ3v) is 5.17. The number of fused-ring (bicyclic) bond motifs is 1. The second-order valence-electron chi connectivity index (χ2n) is 6.93. The molecule has 0 aromatic heterocycles. The number of methoxy groups -OCH3 is 2. The number of rotatable bonds is 5. The fourth-order valence-corrected chi connectivity index (χ4v) is 3.64. The van der Waals surface area contributed by atoms with Crippen molar-refractivity contribution in [2.45, 2.75) is 12.6 Å². The molecule has 0 aliphatic carbocycles. The number of nitrogens with zero attached hydrogens (tertiary/aromatic N) is 2. The fourth-order valence-electron chi connectivity index (χ4n) is 3.64. The lowest BCUT2D eigenvalue weighted by atomic mass is 9.92. The van der Waals surface area contributed by atoms with Crippen LogP contribution < -0.4 is 9.47 Å². The number of hydrogen-bond acceptors (Lipinski definition) is 6. The molecule has 1 amide bonds. The van der Waals surface area contributed by atoms with Crippen molar-refractivity contribution < 1.29 is 24.0 Å². The van der Waals surface area contributed by atoms with E-state index in [9.17, 15) is 14.9 Å². The highest BCUT2D eigenvalue weighted by Gasteiger charge is 2.35. The van der Waals surface area contributed by atoms with Gasteiger partial charge in [0.2, 0.25) is 0 Å². The number of hydrogen-bond donors (Lipinski definition) is 0. The number of carbonyl (C=O) groups excluding carboxylic acids is 1. The second kappa shape index (κ2) is 8.45. The van der Waals surface area contributed by atoms with Crippen LogP contribution in [0.4, 0.5) is 5.69 Å². The topological polar surface area (TPSA) is 91.1 Å². The summed E-state index contributed by atoms with van der Waals surface area (Å²) in [7, 11) is 3.12. The number of non-ortho nitro benzene ring substituents is 1. The first kappa shape index (κ1) is 20.4. The Morgan fingerprint density at radius 3 is 2.29 bits per heavy atom. The summed E-state index contributed by atoms with van der Waals surface area (Å²) in [4.78, 5) is 29.6. The molecule has 0 N–H and O–H groups in total. The van der Waals surface area contributed by atoms with Crippen LogP contribution in [0.1, 0.15) is 33.1 Å². The first-order valence-electron chi connectivity index (χ1n) is 9.54. The van der Waals surface area contributed by atoms with Gasteiger partial charge in [-0.15, -0.1) is 0 Å². The molecule has 1 unspecified atom stereocenters. The van der Waals surface area contributed by atoms with Gasteiger partial charge in [0.1, 0.15) is 12.6 Å². The van der Waals surface area contributed by atoms with Crippen LogP contribution in [0.5, 0.6) is 11.5 Å². The number of nitro benzene ring substituents is 1. The molecular formula is C23H20N2O6. The molecule has 0 bridgehead atoms. The van der Waals surface area contributed by atoms with Gasteiger partial charge in [-0.25, -0.2) is 5.06 Å². The molecule has 1 heterocycles. The third kappa shape index (κ3) is 3.80. The van der Waals surface area contributed by atoms with Gasteiger partial charge in [-0.3, -0.25) is 19.7 Å². The number of amides is 1. The Balaban J connectivity index is 1.79. The Morgan fingerprint density at radius 1 is 1.03 bits per heavy atom. The molecule has 1 aliphatic heterocycles. The van der Waals surface area contributed by atoms with Gasteiger partial charge in [0, 0.05) is 17.7 Å². The molecule has 0 fully saturated rings. The van der Waals surface area contributed by atoms with E-state index in [4.69, 9.17) is 14.3 Å². The molecule has 8 heteroatoms. The third-order valence-electron chi connectivity index (χ3n) is 5.17. The molecular weight excluding hydrogens is 400 g/mol.